The second-order valence-electron chi connectivity index (χ2n) is 4.48. The van der Waals surface area contributed by atoms with E-state index in [1.807, 2.05) is 20.8 Å². The Bertz CT molecular complexity index is 288. The monoisotopic (exact) mass is 241 g/mol. The molecule has 0 radical (unpaired) electrons. The van der Waals surface area contributed by atoms with Gasteiger partial charge in [0.25, 0.3) is 0 Å². The van der Waals surface area contributed by atoms with Crippen LogP contribution in [0, 0.1) is 11.3 Å². The molecule has 2 atom stereocenters. The highest BCUT2D eigenvalue weighted by molar-refractivity contribution is 5.86. The van der Waals surface area contributed by atoms with Gasteiger partial charge in [-0.05, 0) is 12.3 Å². The highest BCUT2D eigenvalue weighted by Gasteiger charge is 2.36. The maximum absolute atomic E-state index is 12.1. The summed E-state index contributed by atoms with van der Waals surface area (Å²) in [5.41, 5.74) is -0.523. The van der Waals surface area contributed by atoms with Crippen molar-refractivity contribution in [1.29, 1.82) is 0 Å². The fraction of sp³-hybridized carbons (Fsp3) is 0.692. The number of amides is 1. The molecule has 0 fully saturated rings. The van der Waals surface area contributed by atoms with Crippen molar-refractivity contribution in [2.75, 3.05) is 13.7 Å². The minimum absolute atomic E-state index is 0.0848. The number of rotatable bonds is 7. The number of methoxy groups -OCH3 is 1. The molecule has 0 spiro atoms. The quantitative estimate of drug-likeness (QED) is 0.547. The summed E-state index contributed by atoms with van der Waals surface area (Å²) in [6.45, 7) is 9.57. The van der Waals surface area contributed by atoms with E-state index in [-0.39, 0.29) is 18.4 Å². The number of nitrogens with one attached hydrogen (secondary N) is 1. The third kappa shape index (κ3) is 4.21. The van der Waals surface area contributed by atoms with Crippen LogP contribution >= 0.6 is 0 Å². The van der Waals surface area contributed by atoms with Crippen molar-refractivity contribution in [3.63, 3.8) is 0 Å². The van der Waals surface area contributed by atoms with Gasteiger partial charge < -0.3 is 10.1 Å². The van der Waals surface area contributed by atoms with Gasteiger partial charge in [-0.15, -0.1) is 6.58 Å². The van der Waals surface area contributed by atoms with Gasteiger partial charge in [0.1, 0.15) is 6.54 Å². The van der Waals surface area contributed by atoms with E-state index in [1.54, 1.807) is 6.08 Å². The summed E-state index contributed by atoms with van der Waals surface area (Å²) >= 11 is 0. The smallest absolute Gasteiger partial charge is 0.325 e. The Morgan fingerprint density at radius 3 is 2.53 bits per heavy atom. The minimum atomic E-state index is -0.523. The molecular formula is C13H23NO3. The van der Waals surface area contributed by atoms with Gasteiger partial charge in [-0.25, -0.2) is 0 Å². The Hall–Kier alpha value is -1.32. The van der Waals surface area contributed by atoms with E-state index < -0.39 is 11.4 Å². The number of carbonyl (C=O) groups excluding carboxylic acids is 2. The number of esters is 1. The Balaban J connectivity index is 4.64. The van der Waals surface area contributed by atoms with Gasteiger partial charge in [-0.2, -0.15) is 0 Å². The minimum Gasteiger partial charge on any atom is -0.468 e. The van der Waals surface area contributed by atoms with Gasteiger partial charge in [0, 0.05) is 0 Å². The summed E-state index contributed by atoms with van der Waals surface area (Å²) < 4.78 is 4.49. The standard InChI is InChI=1S/C13H23NO3/c1-6-8-13(4,10(3)7-2)12(16)14-9-11(15)17-5/h6,10H,1,7-9H2,2-5H3,(H,14,16)/t10?,13-/m1/s1. The van der Waals surface area contributed by atoms with Crippen LogP contribution in [-0.4, -0.2) is 25.5 Å². The topological polar surface area (TPSA) is 55.4 Å². The average molecular weight is 241 g/mol. The molecule has 0 rings (SSSR count). The predicted octanol–water partition coefficient (Wildman–Crippen LogP) is 1.90. The average Bonchev–Trinajstić information content (AvgIpc) is 2.34. The lowest BCUT2D eigenvalue weighted by atomic mass is 9.73. The SMILES string of the molecule is C=CC[C@@](C)(C(=O)NCC(=O)OC)C(C)CC. The summed E-state index contributed by atoms with van der Waals surface area (Å²) in [7, 11) is 1.30. The van der Waals surface area contributed by atoms with Gasteiger partial charge in [-0.3, -0.25) is 9.59 Å². The van der Waals surface area contributed by atoms with Crippen LogP contribution in [0.1, 0.15) is 33.6 Å². The molecule has 4 heteroatoms. The number of carbonyl (C=O) groups is 2. The van der Waals surface area contributed by atoms with Crippen molar-refractivity contribution in [1.82, 2.24) is 5.32 Å². The Kier molecular flexibility index (Phi) is 6.54. The first-order valence-corrected chi connectivity index (χ1v) is 5.88. The first kappa shape index (κ1) is 15.7. The number of ether oxygens (including phenoxy) is 1. The molecule has 1 N–H and O–H groups in total. The molecule has 0 heterocycles. The summed E-state index contributed by atoms with van der Waals surface area (Å²) in [6, 6.07) is 0. The van der Waals surface area contributed by atoms with Gasteiger partial charge in [0.2, 0.25) is 5.91 Å². The first-order chi connectivity index (χ1) is 7.92. The van der Waals surface area contributed by atoms with Crippen molar-refractivity contribution in [2.24, 2.45) is 11.3 Å². The van der Waals surface area contributed by atoms with Crippen LogP contribution in [0.2, 0.25) is 0 Å². The van der Waals surface area contributed by atoms with Crippen LogP contribution in [0.25, 0.3) is 0 Å². The molecule has 0 saturated heterocycles. The highest BCUT2D eigenvalue weighted by Crippen LogP contribution is 2.33. The van der Waals surface area contributed by atoms with Crippen molar-refractivity contribution in [3.8, 4) is 0 Å². The van der Waals surface area contributed by atoms with Crippen LogP contribution < -0.4 is 5.32 Å². The zero-order valence-electron chi connectivity index (χ0n) is 11.2. The number of hydrogen-bond donors (Lipinski definition) is 1. The number of hydrogen-bond acceptors (Lipinski definition) is 3. The summed E-state index contributed by atoms with van der Waals surface area (Å²) in [5.74, 6) is -0.348. The van der Waals surface area contributed by atoms with Crippen molar-refractivity contribution in [2.45, 2.75) is 33.6 Å². The van der Waals surface area contributed by atoms with E-state index in [0.717, 1.165) is 6.42 Å². The third-order valence-corrected chi connectivity index (χ3v) is 3.41. The lowest BCUT2D eigenvalue weighted by molar-refractivity contribution is -0.143. The summed E-state index contributed by atoms with van der Waals surface area (Å²) in [4.78, 5) is 23.1. The molecular weight excluding hydrogens is 218 g/mol. The fourth-order valence-corrected chi connectivity index (χ4v) is 1.69. The zero-order chi connectivity index (χ0) is 13.5. The maximum Gasteiger partial charge on any atom is 0.325 e. The molecule has 1 unspecified atom stereocenters. The molecule has 0 aromatic carbocycles. The van der Waals surface area contributed by atoms with E-state index >= 15 is 0 Å². The maximum atomic E-state index is 12.1. The van der Waals surface area contributed by atoms with Crippen LogP contribution in [-0.2, 0) is 14.3 Å². The Labute approximate surface area is 103 Å². The zero-order valence-corrected chi connectivity index (χ0v) is 11.2. The second-order valence-corrected chi connectivity index (χ2v) is 4.48. The van der Waals surface area contributed by atoms with Crippen LogP contribution in [0.3, 0.4) is 0 Å². The van der Waals surface area contributed by atoms with Crippen LogP contribution in [0.15, 0.2) is 12.7 Å². The first-order valence-electron chi connectivity index (χ1n) is 5.88. The Morgan fingerprint density at radius 2 is 2.12 bits per heavy atom. The third-order valence-electron chi connectivity index (χ3n) is 3.41. The van der Waals surface area contributed by atoms with Gasteiger partial charge in [0.05, 0.1) is 12.5 Å². The van der Waals surface area contributed by atoms with Gasteiger partial charge >= 0.3 is 5.97 Å². The van der Waals surface area contributed by atoms with Crippen molar-refractivity contribution in [3.05, 3.63) is 12.7 Å². The largest absolute Gasteiger partial charge is 0.468 e. The highest BCUT2D eigenvalue weighted by atomic mass is 16.5. The lowest BCUT2D eigenvalue weighted by Crippen LogP contribution is -2.44. The predicted molar refractivity (Wildman–Crippen MR) is 67.4 cm³/mol. The van der Waals surface area contributed by atoms with Gasteiger partial charge in [0.15, 0.2) is 0 Å². The van der Waals surface area contributed by atoms with Crippen LogP contribution in [0.4, 0.5) is 0 Å². The molecule has 0 aromatic rings. The molecule has 0 aliphatic heterocycles. The van der Waals surface area contributed by atoms with E-state index in [1.165, 1.54) is 7.11 Å². The van der Waals surface area contributed by atoms with Gasteiger partial charge in [-0.1, -0.05) is 33.3 Å². The molecule has 0 saturated carbocycles. The van der Waals surface area contributed by atoms with E-state index in [9.17, 15) is 9.59 Å². The molecule has 17 heavy (non-hydrogen) atoms. The summed E-state index contributed by atoms with van der Waals surface area (Å²) in [6.07, 6.45) is 3.23. The normalized spacial score (nSPS) is 15.5. The molecule has 0 bridgehead atoms. The Morgan fingerprint density at radius 1 is 1.53 bits per heavy atom. The molecule has 0 aromatic heterocycles. The summed E-state index contributed by atoms with van der Waals surface area (Å²) in [5, 5.41) is 2.61. The molecule has 1 amide bonds. The number of allylic oxidation sites excluding steroid dienone is 1. The lowest BCUT2D eigenvalue weighted by Gasteiger charge is -2.32. The molecule has 0 aliphatic rings. The molecule has 0 aliphatic carbocycles. The fourth-order valence-electron chi connectivity index (χ4n) is 1.69. The second kappa shape index (κ2) is 7.09. The van der Waals surface area contributed by atoms with Crippen molar-refractivity contribution >= 4 is 11.9 Å². The van der Waals surface area contributed by atoms with Crippen molar-refractivity contribution < 1.29 is 14.3 Å². The molecule has 4 nitrogen and oxygen atoms in total. The van der Waals surface area contributed by atoms with Crippen LogP contribution in [0.5, 0.6) is 0 Å². The molecule has 98 valence electrons. The van der Waals surface area contributed by atoms with E-state index in [4.69, 9.17) is 0 Å². The van der Waals surface area contributed by atoms with E-state index in [0.29, 0.717) is 6.42 Å². The van der Waals surface area contributed by atoms with E-state index in [2.05, 4.69) is 16.6 Å².